The standard InChI is InChI=1S/C27H29N7O2/c1-29-18-27(34-17-22(24(28)35)25(32-34)31-26(36)21-9-10-21)11-14-33(15-12-27)16-19-5-7-20(8-6-19)23-4-2-3-13-30-23/h2-8,13,17,21H,9-12,14-16,18H2,(H2,28,35)(H,31,32,36). The Morgan fingerprint density at radius 1 is 1.14 bits per heavy atom. The van der Waals surface area contributed by atoms with Gasteiger partial charge in [0.05, 0.1) is 5.69 Å². The molecule has 1 aliphatic heterocycles. The number of rotatable bonds is 8. The quantitative estimate of drug-likeness (QED) is 0.478. The molecule has 0 atom stereocenters. The number of amides is 2. The fourth-order valence-electron chi connectivity index (χ4n) is 4.76. The summed E-state index contributed by atoms with van der Waals surface area (Å²) in [4.78, 5) is 34.8. The first-order chi connectivity index (χ1) is 17.5. The summed E-state index contributed by atoms with van der Waals surface area (Å²) in [6.45, 7) is 10.2. The highest BCUT2D eigenvalue weighted by Crippen LogP contribution is 2.34. The number of carbonyl (C=O) groups excluding carboxylic acids is 2. The Bertz CT molecular complexity index is 1280. The lowest BCUT2D eigenvalue weighted by atomic mass is 9.87. The van der Waals surface area contributed by atoms with Crippen LogP contribution in [0.25, 0.3) is 16.1 Å². The van der Waals surface area contributed by atoms with Crippen molar-refractivity contribution < 1.29 is 9.59 Å². The average molecular weight is 484 g/mol. The molecular formula is C27H29N7O2. The molecule has 5 rings (SSSR count). The summed E-state index contributed by atoms with van der Waals surface area (Å²) in [6, 6.07) is 14.3. The van der Waals surface area contributed by atoms with Crippen molar-refractivity contribution in [2.45, 2.75) is 37.8 Å². The minimum absolute atomic E-state index is 0.0191. The van der Waals surface area contributed by atoms with Gasteiger partial charge in [-0.05, 0) is 43.4 Å². The van der Waals surface area contributed by atoms with E-state index in [1.165, 1.54) is 5.56 Å². The minimum Gasteiger partial charge on any atom is -0.365 e. The summed E-state index contributed by atoms with van der Waals surface area (Å²) < 4.78 is 1.70. The molecule has 2 amide bonds. The van der Waals surface area contributed by atoms with Crippen LogP contribution < -0.4 is 11.1 Å². The zero-order valence-corrected chi connectivity index (χ0v) is 20.1. The SMILES string of the molecule is [C-]#[N+]CC1(n2cc(C(N)=O)c(NC(=O)C3CC3)n2)CCN(Cc2ccc(-c3ccccn3)cc2)CC1. The Morgan fingerprint density at radius 2 is 1.89 bits per heavy atom. The molecule has 0 unspecified atom stereocenters. The van der Waals surface area contributed by atoms with E-state index >= 15 is 0 Å². The van der Waals surface area contributed by atoms with Crippen LogP contribution in [0.5, 0.6) is 0 Å². The predicted molar refractivity (Wildman–Crippen MR) is 136 cm³/mol. The van der Waals surface area contributed by atoms with Gasteiger partial charge in [-0.2, -0.15) is 5.10 Å². The Hall–Kier alpha value is -4.03. The van der Waals surface area contributed by atoms with E-state index in [0.29, 0.717) is 12.8 Å². The van der Waals surface area contributed by atoms with Gasteiger partial charge in [0, 0.05) is 43.5 Å². The second-order valence-corrected chi connectivity index (χ2v) is 9.69. The first-order valence-electron chi connectivity index (χ1n) is 12.2. The first-order valence-corrected chi connectivity index (χ1v) is 12.2. The van der Waals surface area contributed by atoms with Gasteiger partial charge in [-0.1, -0.05) is 30.3 Å². The topological polar surface area (TPSA) is 110 Å². The molecule has 184 valence electrons. The summed E-state index contributed by atoms with van der Waals surface area (Å²) in [7, 11) is 0. The number of benzene rings is 1. The third-order valence-corrected chi connectivity index (χ3v) is 7.14. The minimum atomic E-state index is -0.642. The number of primary amides is 1. The van der Waals surface area contributed by atoms with Crippen LogP contribution >= 0.6 is 0 Å². The molecule has 0 radical (unpaired) electrons. The van der Waals surface area contributed by atoms with Gasteiger partial charge in [-0.3, -0.25) is 24.2 Å². The average Bonchev–Trinajstić information content (AvgIpc) is 3.66. The maximum absolute atomic E-state index is 12.3. The molecule has 3 aromatic rings. The van der Waals surface area contributed by atoms with Gasteiger partial charge < -0.3 is 15.9 Å². The third kappa shape index (κ3) is 4.99. The number of anilines is 1. The molecule has 3 N–H and O–H groups in total. The predicted octanol–water partition coefficient (Wildman–Crippen LogP) is 3.30. The molecule has 1 saturated carbocycles. The van der Waals surface area contributed by atoms with Crippen molar-refractivity contribution in [3.05, 3.63) is 77.4 Å². The van der Waals surface area contributed by atoms with Crippen molar-refractivity contribution in [1.29, 1.82) is 0 Å². The van der Waals surface area contributed by atoms with E-state index in [0.717, 1.165) is 43.7 Å². The fourth-order valence-corrected chi connectivity index (χ4v) is 4.76. The smallest absolute Gasteiger partial charge is 0.254 e. The molecule has 0 spiro atoms. The lowest BCUT2D eigenvalue weighted by molar-refractivity contribution is -0.117. The number of aromatic nitrogens is 3. The van der Waals surface area contributed by atoms with E-state index in [-0.39, 0.29) is 29.8 Å². The zero-order valence-electron chi connectivity index (χ0n) is 20.1. The van der Waals surface area contributed by atoms with E-state index in [1.54, 1.807) is 17.1 Å². The number of nitrogens with two attached hydrogens (primary N) is 1. The van der Waals surface area contributed by atoms with Crippen molar-refractivity contribution in [2.75, 3.05) is 25.0 Å². The molecule has 2 aliphatic rings. The number of nitrogens with one attached hydrogen (secondary N) is 1. The monoisotopic (exact) mass is 483 g/mol. The Morgan fingerprint density at radius 3 is 2.50 bits per heavy atom. The number of hydrogen-bond donors (Lipinski definition) is 2. The number of nitrogens with zero attached hydrogens (tertiary/aromatic N) is 5. The van der Waals surface area contributed by atoms with Crippen LogP contribution in [0.3, 0.4) is 0 Å². The van der Waals surface area contributed by atoms with Gasteiger partial charge in [0.15, 0.2) is 5.82 Å². The van der Waals surface area contributed by atoms with Crippen molar-refractivity contribution in [2.24, 2.45) is 11.7 Å². The highest BCUT2D eigenvalue weighted by molar-refractivity contribution is 6.02. The number of likely N-dealkylation sites (tertiary alicyclic amines) is 1. The van der Waals surface area contributed by atoms with E-state index in [1.807, 2.05) is 18.2 Å². The number of piperidine rings is 1. The van der Waals surface area contributed by atoms with Crippen molar-refractivity contribution in [3.63, 3.8) is 0 Å². The molecule has 1 saturated heterocycles. The Kier molecular flexibility index (Phi) is 6.53. The lowest BCUT2D eigenvalue weighted by Crippen LogP contribution is -2.47. The van der Waals surface area contributed by atoms with Crippen LogP contribution in [-0.4, -0.2) is 51.1 Å². The molecule has 0 bridgehead atoms. The van der Waals surface area contributed by atoms with Crippen LogP contribution in [0.4, 0.5) is 5.82 Å². The van der Waals surface area contributed by atoms with Gasteiger partial charge in [0.1, 0.15) is 11.1 Å². The number of pyridine rings is 1. The van der Waals surface area contributed by atoms with Crippen molar-refractivity contribution in [1.82, 2.24) is 19.7 Å². The highest BCUT2D eigenvalue weighted by atomic mass is 16.2. The van der Waals surface area contributed by atoms with Crippen LogP contribution in [0.1, 0.15) is 41.6 Å². The Labute approximate surface area is 210 Å². The van der Waals surface area contributed by atoms with Crippen molar-refractivity contribution >= 4 is 17.6 Å². The van der Waals surface area contributed by atoms with E-state index in [2.05, 4.69) is 49.4 Å². The van der Waals surface area contributed by atoms with Gasteiger partial charge in [0.2, 0.25) is 12.5 Å². The summed E-state index contributed by atoms with van der Waals surface area (Å²) in [5, 5.41) is 7.33. The van der Waals surface area contributed by atoms with Crippen LogP contribution in [0.15, 0.2) is 54.9 Å². The molecule has 36 heavy (non-hydrogen) atoms. The summed E-state index contributed by atoms with van der Waals surface area (Å²) in [5.74, 6) is -0.601. The third-order valence-electron chi connectivity index (χ3n) is 7.14. The number of hydrogen-bond acceptors (Lipinski definition) is 5. The molecule has 3 heterocycles. The van der Waals surface area contributed by atoms with Gasteiger partial charge in [0.25, 0.3) is 5.91 Å². The summed E-state index contributed by atoms with van der Waals surface area (Å²) in [5.41, 5.74) is 8.47. The zero-order chi connectivity index (χ0) is 25.1. The molecule has 2 fully saturated rings. The van der Waals surface area contributed by atoms with Gasteiger partial charge in [-0.25, -0.2) is 6.57 Å². The molecule has 1 aromatic carbocycles. The summed E-state index contributed by atoms with van der Waals surface area (Å²) in [6.07, 6.45) is 6.50. The van der Waals surface area contributed by atoms with Crippen LogP contribution in [0, 0.1) is 12.5 Å². The molecule has 9 nitrogen and oxygen atoms in total. The van der Waals surface area contributed by atoms with E-state index in [9.17, 15) is 9.59 Å². The summed E-state index contributed by atoms with van der Waals surface area (Å²) >= 11 is 0. The largest absolute Gasteiger partial charge is 0.365 e. The lowest BCUT2D eigenvalue weighted by Gasteiger charge is -2.38. The van der Waals surface area contributed by atoms with E-state index < -0.39 is 11.4 Å². The second kappa shape index (κ2) is 9.91. The normalized spacial score (nSPS) is 17.3. The Balaban J connectivity index is 1.28. The molecule has 9 heteroatoms. The van der Waals surface area contributed by atoms with E-state index in [4.69, 9.17) is 12.3 Å². The maximum Gasteiger partial charge on any atom is 0.254 e. The molecule has 2 aromatic heterocycles. The van der Waals surface area contributed by atoms with Crippen LogP contribution in [0.2, 0.25) is 0 Å². The molecule has 1 aliphatic carbocycles. The van der Waals surface area contributed by atoms with Gasteiger partial charge >= 0.3 is 0 Å². The van der Waals surface area contributed by atoms with Crippen molar-refractivity contribution in [3.8, 4) is 11.3 Å². The first kappa shape index (κ1) is 23.7. The second-order valence-electron chi connectivity index (χ2n) is 9.69. The maximum atomic E-state index is 12.3. The fraction of sp³-hybridized carbons (Fsp3) is 0.370. The highest BCUT2D eigenvalue weighted by Gasteiger charge is 2.41. The van der Waals surface area contributed by atoms with Crippen LogP contribution in [-0.2, 0) is 16.9 Å². The number of carbonyl (C=O) groups is 2. The van der Waals surface area contributed by atoms with Gasteiger partial charge in [-0.15, -0.1) is 0 Å². The molecular weight excluding hydrogens is 454 g/mol.